The summed E-state index contributed by atoms with van der Waals surface area (Å²) in [4.78, 5) is 29.3. The van der Waals surface area contributed by atoms with Crippen LogP contribution in [-0.2, 0) is 20.7 Å². The molecule has 0 aliphatic rings. The number of phenolic OH excluding ortho intramolecular Hbond substituents is 1. The molecule has 0 saturated heterocycles. The molecule has 0 bridgehead atoms. The van der Waals surface area contributed by atoms with Gasteiger partial charge in [0, 0.05) is 17.4 Å². The fourth-order valence-corrected chi connectivity index (χ4v) is 2.84. The Hall–Kier alpha value is -2.67. The Balaban J connectivity index is 2.05. The van der Waals surface area contributed by atoms with Crippen LogP contribution in [0.5, 0.6) is 5.75 Å². The third kappa shape index (κ3) is 5.72. The van der Waals surface area contributed by atoms with Gasteiger partial charge in [0.25, 0.3) is 0 Å². The highest BCUT2D eigenvalue weighted by atomic mass is 32.1. The number of amides is 1. The standard InChI is InChI=1S/C18H20N2O4S/c1-3-24-18(23)15(10-13-4-6-14(21)7-5-13)20-17(22)9-8-16-12(2)19-11-25-16/h4-9,11,15,21H,3,10H2,1-2H3,(H,20,22)/b9-8+. The first-order valence-electron chi connectivity index (χ1n) is 7.82. The highest BCUT2D eigenvalue weighted by Gasteiger charge is 2.21. The molecule has 1 atom stereocenters. The summed E-state index contributed by atoms with van der Waals surface area (Å²) in [6.07, 6.45) is 3.33. The lowest BCUT2D eigenvalue weighted by atomic mass is 10.1. The summed E-state index contributed by atoms with van der Waals surface area (Å²) in [5.74, 6) is -0.737. The van der Waals surface area contributed by atoms with Crippen LogP contribution in [0, 0.1) is 6.92 Å². The molecule has 1 heterocycles. The van der Waals surface area contributed by atoms with Gasteiger partial charge in [0.15, 0.2) is 0 Å². The summed E-state index contributed by atoms with van der Waals surface area (Å²) >= 11 is 1.44. The van der Waals surface area contributed by atoms with Crippen molar-refractivity contribution in [1.82, 2.24) is 10.3 Å². The Kier molecular flexibility index (Phi) is 6.71. The van der Waals surface area contributed by atoms with E-state index in [1.165, 1.54) is 29.5 Å². The van der Waals surface area contributed by atoms with Crippen molar-refractivity contribution in [2.24, 2.45) is 0 Å². The number of carbonyl (C=O) groups excluding carboxylic acids is 2. The molecule has 132 valence electrons. The number of hydrogen-bond donors (Lipinski definition) is 2. The largest absolute Gasteiger partial charge is 0.508 e. The third-order valence-electron chi connectivity index (χ3n) is 3.43. The monoisotopic (exact) mass is 360 g/mol. The summed E-state index contributed by atoms with van der Waals surface area (Å²) in [7, 11) is 0. The van der Waals surface area contributed by atoms with Crippen LogP contribution in [0.3, 0.4) is 0 Å². The maximum absolute atomic E-state index is 12.2. The number of rotatable bonds is 7. The molecule has 0 saturated carbocycles. The summed E-state index contributed by atoms with van der Waals surface area (Å²) in [5, 5.41) is 12.0. The maximum atomic E-state index is 12.2. The first kappa shape index (κ1) is 18.7. The van der Waals surface area contributed by atoms with Crippen molar-refractivity contribution >= 4 is 29.3 Å². The van der Waals surface area contributed by atoms with Crippen LogP contribution >= 0.6 is 11.3 Å². The molecule has 25 heavy (non-hydrogen) atoms. The molecule has 2 N–H and O–H groups in total. The number of nitrogens with zero attached hydrogens (tertiary/aromatic N) is 1. The van der Waals surface area contributed by atoms with Crippen molar-refractivity contribution in [2.75, 3.05) is 6.61 Å². The van der Waals surface area contributed by atoms with E-state index >= 15 is 0 Å². The van der Waals surface area contributed by atoms with E-state index in [2.05, 4.69) is 10.3 Å². The van der Waals surface area contributed by atoms with E-state index < -0.39 is 12.0 Å². The van der Waals surface area contributed by atoms with Gasteiger partial charge in [-0.1, -0.05) is 12.1 Å². The number of nitrogens with one attached hydrogen (secondary N) is 1. The van der Waals surface area contributed by atoms with Gasteiger partial charge in [-0.25, -0.2) is 9.78 Å². The number of aromatic hydroxyl groups is 1. The molecule has 0 aliphatic carbocycles. The SMILES string of the molecule is CCOC(=O)C(Cc1ccc(O)cc1)NC(=O)/C=C/c1scnc1C. The van der Waals surface area contributed by atoms with Gasteiger partial charge in [0.1, 0.15) is 11.8 Å². The number of carbonyl (C=O) groups is 2. The molecule has 0 fully saturated rings. The fraction of sp³-hybridized carbons (Fsp3) is 0.278. The van der Waals surface area contributed by atoms with Crippen LogP contribution in [0.1, 0.15) is 23.1 Å². The van der Waals surface area contributed by atoms with Crippen LogP contribution in [0.4, 0.5) is 0 Å². The number of benzene rings is 1. The van der Waals surface area contributed by atoms with E-state index in [4.69, 9.17) is 4.74 Å². The fourth-order valence-electron chi connectivity index (χ4n) is 2.15. The maximum Gasteiger partial charge on any atom is 0.328 e. The van der Waals surface area contributed by atoms with Crippen molar-refractivity contribution in [3.63, 3.8) is 0 Å². The average Bonchev–Trinajstić information content (AvgIpc) is 2.99. The highest BCUT2D eigenvalue weighted by Crippen LogP contribution is 2.14. The van der Waals surface area contributed by atoms with Crippen molar-refractivity contribution < 1.29 is 19.4 Å². The predicted octanol–water partition coefficient (Wildman–Crippen LogP) is 2.46. The van der Waals surface area contributed by atoms with Crippen LogP contribution < -0.4 is 5.32 Å². The van der Waals surface area contributed by atoms with E-state index in [-0.39, 0.29) is 24.7 Å². The van der Waals surface area contributed by atoms with E-state index in [0.29, 0.717) is 0 Å². The molecule has 1 amide bonds. The van der Waals surface area contributed by atoms with Gasteiger partial charge in [0.2, 0.25) is 5.91 Å². The van der Waals surface area contributed by atoms with Crippen LogP contribution in [0.2, 0.25) is 0 Å². The number of hydrogen-bond acceptors (Lipinski definition) is 6. The zero-order valence-electron chi connectivity index (χ0n) is 14.1. The number of phenols is 1. The van der Waals surface area contributed by atoms with Crippen LogP contribution in [0.25, 0.3) is 6.08 Å². The first-order valence-corrected chi connectivity index (χ1v) is 8.70. The quantitative estimate of drug-likeness (QED) is 0.585. The Labute approximate surface area is 150 Å². The van der Waals surface area contributed by atoms with Crippen molar-refractivity contribution in [3.8, 4) is 5.75 Å². The Morgan fingerprint density at radius 1 is 1.36 bits per heavy atom. The third-order valence-corrected chi connectivity index (χ3v) is 4.33. The zero-order valence-corrected chi connectivity index (χ0v) is 14.9. The van der Waals surface area contributed by atoms with Crippen LogP contribution in [0.15, 0.2) is 35.9 Å². The van der Waals surface area contributed by atoms with Gasteiger partial charge in [-0.3, -0.25) is 4.79 Å². The van der Waals surface area contributed by atoms with E-state index in [0.717, 1.165) is 16.1 Å². The van der Waals surface area contributed by atoms with Gasteiger partial charge in [-0.2, -0.15) is 0 Å². The molecule has 0 spiro atoms. The topological polar surface area (TPSA) is 88.5 Å². The molecule has 1 aromatic heterocycles. The Bertz CT molecular complexity index is 753. The number of esters is 1. The van der Waals surface area contributed by atoms with Crippen molar-refractivity contribution in [1.29, 1.82) is 0 Å². The zero-order chi connectivity index (χ0) is 18.2. The van der Waals surface area contributed by atoms with Crippen LogP contribution in [-0.4, -0.2) is 34.6 Å². The number of ether oxygens (including phenoxy) is 1. The minimum atomic E-state index is -0.802. The van der Waals surface area contributed by atoms with Gasteiger partial charge in [-0.15, -0.1) is 11.3 Å². The molecular weight excluding hydrogens is 340 g/mol. The molecule has 7 heteroatoms. The summed E-state index contributed by atoms with van der Waals surface area (Å²) < 4.78 is 5.04. The van der Waals surface area contributed by atoms with E-state index in [1.807, 2.05) is 6.92 Å². The molecule has 1 aromatic carbocycles. The first-order chi connectivity index (χ1) is 12.0. The smallest absolute Gasteiger partial charge is 0.328 e. The Morgan fingerprint density at radius 3 is 2.68 bits per heavy atom. The lowest BCUT2D eigenvalue weighted by Gasteiger charge is -2.16. The second-order valence-corrected chi connectivity index (χ2v) is 6.21. The van der Waals surface area contributed by atoms with Gasteiger partial charge >= 0.3 is 5.97 Å². The van der Waals surface area contributed by atoms with Crippen molar-refractivity contribution in [2.45, 2.75) is 26.3 Å². The highest BCUT2D eigenvalue weighted by molar-refractivity contribution is 7.10. The van der Waals surface area contributed by atoms with Gasteiger partial charge in [0.05, 0.1) is 17.8 Å². The molecule has 1 unspecified atom stereocenters. The normalized spacial score (nSPS) is 12.1. The van der Waals surface area contributed by atoms with E-state index in [1.54, 1.807) is 30.6 Å². The lowest BCUT2D eigenvalue weighted by molar-refractivity contribution is -0.146. The number of aryl methyl sites for hydroxylation is 1. The number of aromatic nitrogens is 1. The molecular formula is C18H20N2O4S. The average molecular weight is 360 g/mol. The summed E-state index contributed by atoms with van der Waals surface area (Å²) in [6.45, 7) is 3.81. The Morgan fingerprint density at radius 2 is 2.08 bits per heavy atom. The van der Waals surface area contributed by atoms with Crippen molar-refractivity contribution in [3.05, 3.63) is 52.0 Å². The molecule has 6 nitrogen and oxygen atoms in total. The van der Waals surface area contributed by atoms with E-state index in [9.17, 15) is 14.7 Å². The van der Waals surface area contributed by atoms with Gasteiger partial charge in [-0.05, 0) is 37.6 Å². The van der Waals surface area contributed by atoms with Gasteiger partial charge < -0.3 is 15.2 Å². The minimum Gasteiger partial charge on any atom is -0.508 e. The summed E-state index contributed by atoms with van der Waals surface area (Å²) in [5.41, 5.74) is 3.36. The second kappa shape index (κ2) is 8.98. The molecule has 2 aromatic rings. The minimum absolute atomic E-state index is 0.142. The summed E-state index contributed by atoms with van der Waals surface area (Å²) in [6, 6.07) is 5.66. The predicted molar refractivity (Wildman–Crippen MR) is 96.3 cm³/mol. The molecule has 0 radical (unpaired) electrons. The lowest BCUT2D eigenvalue weighted by Crippen LogP contribution is -2.42. The second-order valence-electron chi connectivity index (χ2n) is 5.32. The molecule has 2 rings (SSSR count). The molecule has 0 aliphatic heterocycles. The number of thiazole rings is 1.